The van der Waals surface area contributed by atoms with E-state index in [1.165, 1.54) is 0 Å². The molecule has 80 valence electrons. The molecule has 1 nitrogen and oxygen atoms in total. The molecule has 0 aliphatic heterocycles. The molecule has 0 bridgehead atoms. The van der Waals surface area contributed by atoms with E-state index in [4.69, 9.17) is 4.74 Å². The van der Waals surface area contributed by atoms with Gasteiger partial charge in [0.2, 0.25) is 0 Å². The van der Waals surface area contributed by atoms with Gasteiger partial charge in [-0.2, -0.15) is 0 Å². The Balaban J connectivity index is 3.45. The van der Waals surface area contributed by atoms with Gasteiger partial charge in [0.15, 0.2) is 0 Å². The molecule has 0 aromatic heterocycles. The Morgan fingerprint density at radius 3 is 1.38 bits per heavy atom. The Hall–Kier alpha value is 0.920. The third kappa shape index (κ3) is 6.92. The van der Waals surface area contributed by atoms with E-state index in [-0.39, 0.29) is 0 Å². The SMILES string of the molecule is CC(C)C(Br)COCC(Br)C(C)C. The molecular weight excluding hydrogens is 296 g/mol. The minimum atomic E-state index is 0.472. The predicted molar refractivity (Wildman–Crippen MR) is 65.9 cm³/mol. The maximum Gasteiger partial charge on any atom is 0.0594 e. The number of halogens is 2. The maximum atomic E-state index is 5.59. The zero-order chi connectivity index (χ0) is 10.4. The topological polar surface area (TPSA) is 9.23 Å². The summed E-state index contributed by atoms with van der Waals surface area (Å²) in [5.74, 6) is 1.26. The summed E-state index contributed by atoms with van der Waals surface area (Å²) in [6.45, 7) is 10.4. The molecule has 2 atom stereocenters. The fourth-order valence-corrected chi connectivity index (χ4v) is 1.05. The monoisotopic (exact) mass is 314 g/mol. The summed E-state index contributed by atoms with van der Waals surface area (Å²) in [6.07, 6.45) is 0. The van der Waals surface area contributed by atoms with Gasteiger partial charge in [-0.25, -0.2) is 0 Å². The van der Waals surface area contributed by atoms with E-state index in [0.717, 1.165) is 13.2 Å². The van der Waals surface area contributed by atoms with Gasteiger partial charge < -0.3 is 4.74 Å². The van der Waals surface area contributed by atoms with Gasteiger partial charge in [-0.15, -0.1) is 0 Å². The van der Waals surface area contributed by atoms with Crippen molar-refractivity contribution in [2.45, 2.75) is 37.3 Å². The van der Waals surface area contributed by atoms with Crippen LogP contribution in [0.15, 0.2) is 0 Å². The van der Waals surface area contributed by atoms with E-state index in [1.54, 1.807) is 0 Å². The van der Waals surface area contributed by atoms with Crippen molar-refractivity contribution in [3.05, 3.63) is 0 Å². The highest BCUT2D eigenvalue weighted by Gasteiger charge is 2.12. The first kappa shape index (κ1) is 13.9. The molecule has 0 aliphatic carbocycles. The Morgan fingerprint density at radius 2 is 1.15 bits per heavy atom. The molecule has 0 N–H and O–H groups in total. The van der Waals surface area contributed by atoms with Crippen LogP contribution in [-0.4, -0.2) is 22.9 Å². The van der Waals surface area contributed by atoms with Gasteiger partial charge in [0, 0.05) is 9.65 Å². The first-order chi connectivity index (χ1) is 5.95. The van der Waals surface area contributed by atoms with Crippen molar-refractivity contribution in [1.82, 2.24) is 0 Å². The third-order valence-corrected chi connectivity index (χ3v) is 4.64. The summed E-state index contributed by atoms with van der Waals surface area (Å²) in [7, 11) is 0. The van der Waals surface area contributed by atoms with E-state index in [0.29, 0.717) is 21.5 Å². The highest BCUT2D eigenvalue weighted by Crippen LogP contribution is 2.15. The number of hydrogen-bond donors (Lipinski definition) is 0. The molecule has 0 radical (unpaired) electrons. The standard InChI is InChI=1S/C10H20Br2O/c1-7(2)9(11)5-13-6-10(12)8(3)4/h7-10H,5-6H2,1-4H3. The van der Waals surface area contributed by atoms with Crippen molar-refractivity contribution in [1.29, 1.82) is 0 Å². The molecule has 0 saturated carbocycles. The first-order valence-electron chi connectivity index (χ1n) is 4.81. The van der Waals surface area contributed by atoms with Gasteiger partial charge in [0.25, 0.3) is 0 Å². The summed E-state index contributed by atoms with van der Waals surface area (Å²) >= 11 is 7.18. The Kier molecular flexibility index (Phi) is 7.76. The highest BCUT2D eigenvalue weighted by atomic mass is 79.9. The largest absolute Gasteiger partial charge is 0.379 e. The van der Waals surface area contributed by atoms with Crippen molar-refractivity contribution in [3.63, 3.8) is 0 Å². The smallest absolute Gasteiger partial charge is 0.0594 e. The fourth-order valence-electron chi connectivity index (χ4n) is 0.678. The number of rotatable bonds is 6. The van der Waals surface area contributed by atoms with Gasteiger partial charge >= 0.3 is 0 Å². The number of alkyl halides is 2. The summed E-state index contributed by atoms with van der Waals surface area (Å²) in [5, 5.41) is 0. The second kappa shape index (κ2) is 7.24. The molecule has 0 aromatic rings. The van der Waals surface area contributed by atoms with E-state index >= 15 is 0 Å². The van der Waals surface area contributed by atoms with Crippen molar-refractivity contribution in [2.75, 3.05) is 13.2 Å². The zero-order valence-electron chi connectivity index (χ0n) is 8.89. The summed E-state index contributed by atoms with van der Waals surface area (Å²) in [4.78, 5) is 0.943. The second-order valence-electron chi connectivity index (χ2n) is 4.06. The molecule has 0 rings (SSSR count). The summed E-state index contributed by atoms with van der Waals surface area (Å²) < 4.78 is 5.59. The van der Waals surface area contributed by atoms with Crippen molar-refractivity contribution in [3.8, 4) is 0 Å². The Morgan fingerprint density at radius 1 is 0.846 bits per heavy atom. The lowest BCUT2D eigenvalue weighted by Crippen LogP contribution is -2.21. The van der Waals surface area contributed by atoms with Crippen LogP contribution < -0.4 is 0 Å². The van der Waals surface area contributed by atoms with Crippen LogP contribution in [0.4, 0.5) is 0 Å². The Bertz CT molecular complexity index is 112. The molecular formula is C10H20Br2O. The molecule has 0 amide bonds. The van der Waals surface area contributed by atoms with Crippen LogP contribution in [0.2, 0.25) is 0 Å². The van der Waals surface area contributed by atoms with E-state index < -0.39 is 0 Å². The summed E-state index contributed by atoms with van der Waals surface area (Å²) in [6, 6.07) is 0. The van der Waals surface area contributed by atoms with Crippen molar-refractivity contribution in [2.24, 2.45) is 11.8 Å². The van der Waals surface area contributed by atoms with Crippen LogP contribution >= 0.6 is 31.9 Å². The molecule has 0 spiro atoms. The van der Waals surface area contributed by atoms with Gasteiger partial charge in [-0.3, -0.25) is 0 Å². The molecule has 13 heavy (non-hydrogen) atoms. The van der Waals surface area contributed by atoms with Crippen LogP contribution in [0.25, 0.3) is 0 Å². The van der Waals surface area contributed by atoms with Gasteiger partial charge in [0.1, 0.15) is 0 Å². The molecule has 3 heteroatoms. The zero-order valence-corrected chi connectivity index (χ0v) is 12.1. The second-order valence-corrected chi connectivity index (χ2v) is 6.41. The van der Waals surface area contributed by atoms with Gasteiger partial charge in [-0.05, 0) is 11.8 Å². The first-order valence-corrected chi connectivity index (χ1v) is 6.64. The lowest BCUT2D eigenvalue weighted by molar-refractivity contribution is 0.124. The van der Waals surface area contributed by atoms with Gasteiger partial charge in [0.05, 0.1) is 13.2 Å². The minimum absolute atomic E-state index is 0.472. The van der Waals surface area contributed by atoms with Crippen LogP contribution in [0.5, 0.6) is 0 Å². The predicted octanol–water partition coefficient (Wildman–Crippen LogP) is 3.84. The lowest BCUT2D eigenvalue weighted by atomic mass is 10.1. The van der Waals surface area contributed by atoms with E-state index in [2.05, 4.69) is 59.6 Å². The molecule has 0 heterocycles. The molecule has 0 aromatic carbocycles. The summed E-state index contributed by atoms with van der Waals surface area (Å²) in [5.41, 5.74) is 0. The van der Waals surface area contributed by atoms with E-state index in [9.17, 15) is 0 Å². The molecule has 2 unspecified atom stereocenters. The molecule has 0 aliphatic rings. The molecule has 0 fully saturated rings. The average Bonchev–Trinajstić information content (AvgIpc) is 2.03. The van der Waals surface area contributed by atoms with Crippen LogP contribution in [0, 0.1) is 11.8 Å². The fraction of sp³-hybridized carbons (Fsp3) is 1.00. The lowest BCUT2D eigenvalue weighted by Gasteiger charge is -2.17. The van der Waals surface area contributed by atoms with Crippen molar-refractivity contribution < 1.29 is 4.74 Å². The van der Waals surface area contributed by atoms with Gasteiger partial charge in [-0.1, -0.05) is 59.6 Å². The third-order valence-electron chi connectivity index (χ3n) is 2.00. The molecule has 0 saturated heterocycles. The Labute approximate surface area is 98.9 Å². The number of ether oxygens (including phenoxy) is 1. The van der Waals surface area contributed by atoms with Crippen LogP contribution in [-0.2, 0) is 4.74 Å². The van der Waals surface area contributed by atoms with E-state index in [1.807, 2.05) is 0 Å². The van der Waals surface area contributed by atoms with Crippen LogP contribution in [0.3, 0.4) is 0 Å². The maximum absolute atomic E-state index is 5.59. The average molecular weight is 316 g/mol. The number of hydrogen-bond acceptors (Lipinski definition) is 1. The highest BCUT2D eigenvalue weighted by molar-refractivity contribution is 9.09. The van der Waals surface area contributed by atoms with Crippen molar-refractivity contribution >= 4 is 31.9 Å². The minimum Gasteiger partial charge on any atom is -0.379 e. The quantitative estimate of drug-likeness (QED) is 0.677. The van der Waals surface area contributed by atoms with Crippen LogP contribution in [0.1, 0.15) is 27.7 Å². The normalized spacial score (nSPS) is 16.6.